The van der Waals surface area contributed by atoms with Gasteiger partial charge in [0.15, 0.2) is 0 Å². The molecule has 1 atom stereocenters. The second kappa shape index (κ2) is 17.8. The number of alkyl carbamates (subject to hydrolysis) is 1. The third-order valence-electron chi connectivity index (χ3n) is 8.74. The number of ether oxygens (including phenoxy) is 2. The molecule has 6 N–H and O–H groups in total. The highest BCUT2D eigenvalue weighted by Gasteiger charge is 2.25. The number of nitrogens with zero attached hydrogens (tertiary/aromatic N) is 3. The molecular formula is C38H42FN7O8. The van der Waals surface area contributed by atoms with E-state index in [1.54, 1.807) is 53.6 Å². The van der Waals surface area contributed by atoms with E-state index in [4.69, 9.17) is 15.2 Å². The zero-order valence-electron chi connectivity index (χ0n) is 29.8. The van der Waals surface area contributed by atoms with E-state index in [0.717, 1.165) is 11.6 Å². The van der Waals surface area contributed by atoms with Crippen LogP contribution in [0.2, 0.25) is 0 Å². The molecule has 0 saturated carbocycles. The molecule has 4 aromatic rings. The number of carbonyl (C=O) groups excluding carboxylic acids is 3. The van der Waals surface area contributed by atoms with E-state index in [-0.39, 0.29) is 55.5 Å². The van der Waals surface area contributed by atoms with Crippen molar-refractivity contribution in [2.45, 2.75) is 39.6 Å². The molecule has 15 nitrogen and oxygen atoms in total. The number of fused-ring (bicyclic) bond motifs is 1. The summed E-state index contributed by atoms with van der Waals surface area (Å²) in [7, 11) is 0. The number of aromatic carboxylic acids is 1. The van der Waals surface area contributed by atoms with Gasteiger partial charge in [0.2, 0.25) is 11.3 Å². The normalized spacial score (nSPS) is 13.6. The van der Waals surface area contributed by atoms with Crippen LogP contribution in [-0.4, -0.2) is 77.4 Å². The molecule has 1 aromatic heterocycles. The second-order valence-electron chi connectivity index (χ2n) is 12.5. The molecule has 5 rings (SSSR count). The van der Waals surface area contributed by atoms with Crippen LogP contribution in [0.3, 0.4) is 0 Å². The minimum atomic E-state index is -1.37. The summed E-state index contributed by atoms with van der Waals surface area (Å²) >= 11 is 0. The molecule has 2 heterocycles. The number of anilines is 2. The lowest BCUT2D eigenvalue weighted by molar-refractivity contribution is -0.117. The number of aromatic nitrogens is 1. The molecule has 0 unspecified atom stereocenters. The van der Waals surface area contributed by atoms with Crippen molar-refractivity contribution >= 4 is 46.3 Å². The maximum absolute atomic E-state index is 15.2. The highest BCUT2D eigenvalue weighted by molar-refractivity contribution is 5.95. The van der Waals surface area contributed by atoms with Gasteiger partial charge in [-0.15, -0.1) is 0 Å². The molecule has 1 aliphatic rings. The maximum Gasteiger partial charge on any atom is 0.410 e. The number of piperazine rings is 1. The summed E-state index contributed by atoms with van der Waals surface area (Å²) in [6, 6.07) is 18.0. The molecule has 284 valence electrons. The van der Waals surface area contributed by atoms with Gasteiger partial charge in [-0.25, -0.2) is 18.8 Å². The van der Waals surface area contributed by atoms with Crippen LogP contribution in [0.1, 0.15) is 35.3 Å². The zero-order valence-corrected chi connectivity index (χ0v) is 29.8. The summed E-state index contributed by atoms with van der Waals surface area (Å²) in [4.78, 5) is 65.0. The lowest BCUT2D eigenvalue weighted by atomic mass is 10.1. The van der Waals surface area contributed by atoms with Crippen LogP contribution in [0.4, 0.5) is 25.4 Å². The monoisotopic (exact) mass is 743 g/mol. The number of halogens is 1. The number of hydrogen-bond donors (Lipinski definition) is 5. The van der Waals surface area contributed by atoms with E-state index in [1.807, 2.05) is 30.3 Å². The lowest BCUT2D eigenvalue weighted by Crippen LogP contribution is -2.49. The van der Waals surface area contributed by atoms with E-state index in [1.165, 1.54) is 17.3 Å². The minimum absolute atomic E-state index is 0.00465. The molecule has 0 spiro atoms. The van der Waals surface area contributed by atoms with Crippen molar-refractivity contribution in [2.24, 2.45) is 5.73 Å². The highest BCUT2D eigenvalue weighted by atomic mass is 19.1. The Morgan fingerprint density at radius 3 is 2.30 bits per heavy atom. The second-order valence-corrected chi connectivity index (χ2v) is 12.5. The maximum atomic E-state index is 15.2. The number of rotatable bonds is 13. The van der Waals surface area contributed by atoms with E-state index >= 15 is 4.39 Å². The Bertz CT molecular complexity index is 2080. The Labute approximate surface area is 310 Å². The van der Waals surface area contributed by atoms with Gasteiger partial charge in [-0.05, 0) is 49.2 Å². The fourth-order valence-corrected chi connectivity index (χ4v) is 5.66. The van der Waals surface area contributed by atoms with Gasteiger partial charge in [0.1, 0.15) is 30.6 Å². The van der Waals surface area contributed by atoms with Gasteiger partial charge in [-0.3, -0.25) is 9.59 Å². The molecule has 16 heteroatoms. The third kappa shape index (κ3) is 9.84. The first-order valence-electron chi connectivity index (χ1n) is 17.2. The standard InChI is InChI=1S/C38H42FN7O8/c1-3-44-21-30(36(49)50)34(47)29-17-31(39)33(18-32(29)44)45-13-15-46(16-14-45)38(52)54-23-26-9-11-28(12-10-26)43-35(48)24(2)41-19-27(40)20-42-37(51)53-22-25-7-5-4-6-8-25/h4-12,17-19,21,24,41H,3,13-16,20,22-23,40H2,1-2H3,(H,42,51)(H,43,48)(H,49,50)/b27-19-/t24-/m0/s1. The molecule has 3 amide bonds. The summed E-state index contributed by atoms with van der Waals surface area (Å²) in [6.45, 7) is 5.12. The number of amides is 3. The number of carboxylic acid groups (broad SMARTS) is 1. The Kier molecular flexibility index (Phi) is 12.7. The Hall–Kier alpha value is -6.58. The predicted octanol–water partition coefficient (Wildman–Crippen LogP) is 3.96. The van der Waals surface area contributed by atoms with Crippen molar-refractivity contribution in [3.63, 3.8) is 0 Å². The van der Waals surface area contributed by atoms with Gasteiger partial charge in [-0.2, -0.15) is 0 Å². The van der Waals surface area contributed by atoms with E-state index < -0.39 is 41.0 Å². The van der Waals surface area contributed by atoms with Crippen molar-refractivity contribution in [3.05, 3.63) is 118 Å². The smallest absolute Gasteiger partial charge is 0.410 e. The number of nitrogens with two attached hydrogens (primary N) is 1. The minimum Gasteiger partial charge on any atom is -0.477 e. The average molecular weight is 744 g/mol. The van der Waals surface area contributed by atoms with Crippen LogP contribution in [-0.2, 0) is 34.0 Å². The first-order valence-corrected chi connectivity index (χ1v) is 17.2. The third-order valence-corrected chi connectivity index (χ3v) is 8.74. The molecule has 1 saturated heterocycles. The molecule has 0 radical (unpaired) electrons. The molecule has 54 heavy (non-hydrogen) atoms. The Morgan fingerprint density at radius 1 is 0.963 bits per heavy atom. The molecule has 3 aromatic carbocycles. The number of benzene rings is 3. The summed E-state index contributed by atoms with van der Waals surface area (Å²) in [6.07, 6.45) is 1.55. The van der Waals surface area contributed by atoms with Gasteiger partial charge < -0.3 is 50.6 Å². The van der Waals surface area contributed by atoms with E-state index in [2.05, 4.69) is 16.0 Å². The first kappa shape index (κ1) is 38.6. The molecule has 1 aliphatic heterocycles. The van der Waals surface area contributed by atoms with Crippen LogP contribution in [0.5, 0.6) is 0 Å². The van der Waals surface area contributed by atoms with Gasteiger partial charge in [0, 0.05) is 61.9 Å². The summed E-state index contributed by atoms with van der Waals surface area (Å²) in [5.74, 6) is -2.36. The lowest BCUT2D eigenvalue weighted by Gasteiger charge is -2.35. The SMILES string of the molecule is CCn1cc(C(=O)O)c(=O)c2cc(F)c(N3CCN(C(=O)OCc4ccc(NC(=O)[C@H](C)N/C=C(\N)CNC(=O)OCc5ccccc5)cc4)CC3)cc21. The topological polar surface area (TPSA) is 198 Å². The zero-order chi connectivity index (χ0) is 38.8. The number of carboxylic acids is 1. The van der Waals surface area contributed by atoms with Crippen molar-refractivity contribution in [1.82, 2.24) is 20.1 Å². The van der Waals surface area contributed by atoms with Gasteiger partial charge in [-0.1, -0.05) is 42.5 Å². The van der Waals surface area contributed by atoms with Crippen molar-refractivity contribution in [1.29, 1.82) is 0 Å². The molecule has 0 aliphatic carbocycles. The van der Waals surface area contributed by atoms with E-state index in [0.29, 0.717) is 36.4 Å². The summed E-state index contributed by atoms with van der Waals surface area (Å²) < 4.78 is 27.5. The number of carbonyl (C=O) groups is 4. The molecule has 1 fully saturated rings. The fraction of sp³-hybridized carbons (Fsp3) is 0.289. The van der Waals surface area contributed by atoms with Gasteiger partial charge in [0.05, 0.1) is 17.7 Å². The predicted molar refractivity (Wildman–Crippen MR) is 199 cm³/mol. The number of nitrogens with one attached hydrogen (secondary N) is 3. The van der Waals surface area contributed by atoms with Crippen LogP contribution in [0.15, 0.2) is 89.6 Å². The van der Waals surface area contributed by atoms with Crippen LogP contribution in [0.25, 0.3) is 10.9 Å². The highest BCUT2D eigenvalue weighted by Crippen LogP contribution is 2.26. The van der Waals surface area contributed by atoms with Crippen LogP contribution in [0, 0.1) is 5.82 Å². The first-order chi connectivity index (χ1) is 25.9. The van der Waals surface area contributed by atoms with Gasteiger partial charge in [0.25, 0.3) is 0 Å². The number of hydrogen-bond acceptors (Lipinski definition) is 10. The number of aryl methyl sites for hydroxylation is 1. The number of pyridine rings is 1. The fourth-order valence-electron chi connectivity index (χ4n) is 5.66. The quantitative estimate of drug-likeness (QED) is 0.133. The van der Waals surface area contributed by atoms with Crippen molar-refractivity contribution in [3.8, 4) is 0 Å². The summed E-state index contributed by atoms with van der Waals surface area (Å²) in [5, 5.41) is 17.6. The van der Waals surface area contributed by atoms with Crippen LogP contribution < -0.4 is 32.0 Å². The summed E-state index contributed by atoms with van der Waals surface area (Å²) in [5.41, 5.74) is 7.81. The average Bonchev–Trinajstić information content (AvgIpc) is 3.18. The molecular weight excluding hydrogens is 701 g/mol. The Morgan fingerprint density at radius 2 is 1.63 bits per heavy atom. The van der Waals surface area contributed by atoms with Crippen molar-refractivity contribution in [2.75, 3.05) is 42.9 Å². The van der Waals surface area contributed by atoms with Crippen molar-refractivity contribution < 1.29 is 38.1 Å². The van der Waals surface area contributed by atoms with Crippen LogP contribution >= 0.6 is 0 Å². The largest absolute Gasteiger partial charge is 0.477 e. The van der Waals surface area contributed by atoms with Gasteiger partial charge >= 0.3 is 18.2 Å². The van der Waals surface area contributed by atoms with E-state index in [9.17, 15) is 29.1 Å². The molecule has 0 bridgehead atoms. The Balaban J connectivity index is 1.04.